The highest BCUT2D eigenvalue weighted by molar-refractivity contribution is 7.91. The summed E-state index contributed by atoms with van der Waals surface area (Å²) in [5.41, 5.74) is -3.00. The van der Waals surface area contributed by atoms with Gasteiger partial charge in [-0.25, -0.2) is 21.6 Å². The van der Waals surface area contributed by atoms with E-state index in [9.17, 15) is 30.0 Å². The molecule has 0 spiro atoms. The molecule has 13 heteroatoms. The molecule has 0 saturated carbocycles. The summed E-state index contributed by atoms with van der Waals surface area (Å²) in [7, 11) is -7.80. The molecule has 0 aromatic heterocycles. The summed E-state index contributed by atoms with van der Waals surface area (Å²) in [4.78, 5) is -0.388. The summed E-state index contributed by atoms with van der Waals surface area (Å²) in [6, 6.07) is 2.40. The minimum Gasteiger partial charge on any atom is -0.395 e. The zero-order chi connectivity index (χ0) is 19.1. The molecule has 0 bridgehead atoms. The zero-order valence-electron chi connectivity index (χ0n) is 12.7. The number of sulfonamides is 1. The van der Waals surface area contributed by atoms with Gasteiger partial charge in [0.05, 0.1) is 23.3 Å². The lowest BCUT2D eigenvalue weighted by Gasteiger charge is -2.17. The van der Waals surface area contributed by atoms with Crippen LogP contribution >= 0.6 is 0 Å². The fourth-order valence-electron chi connectivity index (χ4n) is 2.09. The molecule has 140 valence electrons. The van der Waals surface area contributed by atoms with Gasteiger partial charge >= 0.3 is 11.8 Å². The van der Waals surface area contributed by atoms with Crippen LogP contribution in [-0.4, -0.2) is 52.8 Å². The van der Waals surface area contributed by atoms with Crippen molar-refractivity contribution in [1.82, 2.24) is 4.72 Å². The van der Waals surface area contributed by atoms with Crippen LogP contribution in [0.4, 0.5) is 13.2 Å². The third kappa shape index (κ3) is 4.34. The molecule has 8 nitrogen and oxygen atoms in total. The van der Waals surface area contributed by atoms with Gasteiger partial charge in [-0.3, -0.25) is 0 Å². The van der Waals surface area contributed by atoms with Crippen molar-refractivity contribution in [2.45, 2.75) is 22.8 Å². The normalized spacial score (nSPS) is 18.1. The van der Waals surface area contributed by atoms with Crippen LogP contribution in [0.5, 0.6) is 0 Å². The lowest BCUT2D eigenvalue weighted by Crippen LogP contribution is -2.42. The van der Waals surface area contributed by atoms with Crippen molar-refractivity contribution in [2.75, 3.05) is 18.6 Å². The van der Waals surface area contributed by atoms with Crippen LogP contribution in [0.2, 0.25) is 0 Å². The highest BCUT2D eigenvalue weighted by Gasteiger charge is 2.65. The van der Waals surface area contributed by atoms with Crippen molar-refractivity contribution in [2.24, 2.45) is 10.2 Å². The molecule has 1 aromatic carbocycles. The van der Waals surface area contributed by atoms with Gasteiger partial charge in [0.25, 0.3) is 0 Å². The molecular formula is C12H14F3N3O5S2. The van der Waals surface area contributed by atoms with Crippen LogP contribution in [0.25, 0.3) is 0 Å². The summed E-state index contributed by atoms with van der Waals surface area (Å²) in [5, 5.41) is 15.1. The first-order chi connectivity index (χ1) is 11.3. The maximum Gasteiger partial charge on any atom is 0.442 e. The number of benzene rings is 1. The van der Waals surface area contributed by atoms with Crippen molar-refractivity contribution in [3.8, 4) is 0 Å². The van der Waals surface area contributed by atoms with Gasteiger partial charge in [0.1, 0.15) is 9.84 Å². The summed E-state index contributed by atoms with van der Waals surface area (Å²) in [6.07, 6.45) is -3.86. The highest BCUT2D eigenvalue weighted by atomic mass is 32.2. The monoisotopic (exact) mass is 401 g/mol. The van der Waals surface area contributed by atoms with Gasteiger partial charge in [-0.1, -0.05) is 12.1 Å². The topological polar surface area (TPSA) is 125 Å². The number of nitrogens with zero attached hydrogens (tertiary/aromatic N) is 2. The highest BCUT2D eigenvalue weighted by Crippen LogP contribution is 2.52. The van der Waals surface area contributed by atoms with Gasteiger partial charge in [-0.2, -0.15) is 13.2 Å². The second kappa shape index (κ2) is 6.30. The Hall–Kier alpha value is -1.57. The minimum atomic E-state index is -4.73. The summed E-state index contributed by atoms with van der Waals surface area (Å²) in [6.45, 7) is -0.765. The Balaban J connectivity index is 2.21. The van der Waals surface area contributed by atoms with Crippen LogP contribution in [0.3, 0.4) is 0 Å². The Bertz CT molecular complexity index is 874. The standard InChI is InChI=1S/C12H14F3N3O5S2/c1-24(20,21)7-9(6-19)16-25(22,23)10-4-2-8(3-5-10)11(17-18-11)12(13,14)15/h2-5,9,16,19H,6-7H2,1H3/t9-/m1/s1. The first kappa shape index (κ1) is 19.8. The quantitative estimate of drug-likeness (QED) is 0.690. The molecule has 2 rings (SSSR count). The maximum absolute atomic E-state index is 12.9. The van der Waals surface area contributed by atoms with E-state index in [0.29, 0.717) is 0 Å². The molecule has 0 radical (unpaired) electrons. The van der Waals surface area contributed by atoms with E-state index < -0.39 is 50.1 Å². The van der Waals surface area contributed by atoms with Crippen molar-refractivity contribution < 1.29 is 35.1 Å². The summed E-state index contributed by atoms with van der Waals surface area (Å²) in [5.74, 6) is -0.629. The van der Waals surface area contributed by atoms with Crippen LogP contribution in [-0.2, 0) is 25.5 Å². The molecule has 1 aliphatic heterocycles. The fourth-order valence-corrected chi connectivity index (χ4v) is 4.34. The number of sulfone groups is 1. The molecule has 0 fully saturated rings. The van der Waals surface area contributed by atoms with Crippen LogP contribution in [0.1, 0.15) is 5.56 Å². The average molecular weight is 401 g/mol. The van der Waals surface area contributed by atoms with Crippen LogP contribution in [0.15, 0.2) is 39.4 Å². The fraction of sp³-hybridized carbons (Fsp3) is 0.500. The number of rotatable bonds is 7. The Morgan fingerprint density at radius 2 is 1.68 bits per heavy atom. The Kier molecular flexibility index (Phi) is 4.98. The van der Waals surface area contributed by atoms with Crippen molar-refractivity contribution in [3.63, 3.8) is 0 Å². The molecule has 1 atom stereocenters. The lowest BCUT2D eigenvalue weighted by atomic mass is 10.0. The first-order valence-electron chi connectivity index (χ1n) is 6.73. The molecule has 0 unspecified atom stereocenters. The van der Waals surface area contributed by atoms with E-state index in [2.05, 4.69) is 10.2 Å². The van der Waals surface area contributed by atoms with Crippen LogP contribution < -0.4 is 4.72 Å². The molecule has 25 heavy (non-hydrogen) atoms. The molecule has 0 aliphatic carbocycles. The van der Waals surface area contributed by atoms with Gasteiger partial charge in [-0.15, -0.1) is 10.2 Å². The van der Waals surface area contributed by atoms with Gasteiger partial charge in [0.2, 0.25) is 10.0 Å². The number of hydrogen-bond acceptors (Lipinski definition) is 7. The molecule has 1 aromatic rings. The predicted molar refractivity (Wildman–Crippen MR) is 79.9 cm³/mol. The molecule has 1 heterocycles. The van der Waals surface area contributed by atoms with E-state index in [1.165, 1.54) is 0 Å². The number of halogens is 3. The van der Waals surface area contributed by atoms with E-state index in [-0.39, 0.29) is 10.5 Å². The maximum atomic E-state index is 12.9. The number of aliphatic hydroxyl groups is 1. The lowest BCUT2D eigenvalue weighted by molar-refractivity contribution is -0.166. The second-order valence-corrected chi connectivity index (χ2v) is 9.39. The number of aliphatic hydroxyl groups excluding tert-OH is 1. The molecule has 0 amide bonds. The second-order valence-electron chi connectivity index (χ2n) is 5.49. The summed E-state index contributed by atoms with van der Waals surface area (Å²) >= 11 is 0. The third-order valence-electron chi connectivity index (χ3n) is 3.31. The van der Waals surface area contributed by atoms with Gasteiger partial charge in [0, 0.05) is 11.8 Å². The number of alkyl halides is 3. The van der Waals surface area contributed by atoms with Crippen LogP contribution in [0, 0.1) is 0 Å². The van der Waals surface area contributed by atoms with Crippen molar-refractivity contribution in [3.05, 3.63) is 29.8 Å². The molecule has 2 N–H and O–H groups in total. The van der Waals surface area contributed by atoms with E-state index in [1.54, 1.807) is 0 Å². The van der Waals surface area contributed by atoms with Crippen molar-refractivity contribution in [1.29, 1.82) is 0 Å². The minimum absolute atomic E-state index is 0.339. The molecular weight excluding hydrogens is 387 g/mol. The van der Waals surface area contributed by atoms with Gasteiger partial charge in [-0.05, 0) is 12.1 Å². The number of hydrogen-bond donors (Lipinski definition) is 2. The Morgan fingerprint density at radius 3 is 2.04 bits per heavy atom. The Labute approximate surface area is 141 Å². The van der Waals surface area contributed by atoms with Gasteiger partial charge < -0.3 is 5.11 Å². The summed E-state index contributed by atoms with van der Waals surface area (Å²) < 4.78 is 87.4. The van der Waals surface area contributed by atoms with Gasteiger partial charge in [0.15, 0.2) is 0 Å². The molecule has 0 saturated heterocycles. The van der Waals surface area contributed by atoms with E-state index in [1.807, 2.05) is 4.72 Å². The zero-order valence-corrected chi connectivity index (χ0v) is 14.4. The average Bonchev–Trinajstić information content (AvgIpc) is 3.26. The SMILES string of the molecule is CS(=O)(=O)C[C@@H](CO)NS(=O)(=O)c1ccc(C2(C(F)(F)F)N=N2)cc1. The van der Waals surface area contributed by atoms with E-state index in [4.69, 9.17) is 5.11 Å². The first-order valence-corrected chi connectivity index (χ1v) is 10.3. The van der Waals surface area contributed by atoms with E-state index >= 15 is 0 Å². The predicted octanol–water partition coefficient (Wildman–Crippen LogP) is 0.551. The largest absolute Gasteiger partial charge is 0.442 e. The number of nitrogens with one attached hydrogen (secondary N) is 1. The smallest absolute Gasteiger partial charge is 0.395 e. The third-order valence-corrected chi connectivity index (χ3v) is 5.85. The van der Waals surface area contributed by atoms with E-state index in [0.717, 1.165) is 30.5 Å². The Morgan fingerprint density at radius 1 is 1.16 bits per heavy atom. The van der Waals surface area contributed by atoms with Crippen molar-refractivity contribution >= 4 is 19.9 Å². The molecule has 1 aliphatic rings.